The Hall–Kier alpha value is -3.80. The Morgan fingerprint density at radius 3 is 1.82 bits per heavy atom. The average molecular weight is 375 g/mol. The van der Waals surface area contributed by atoms with Gasteiger partial charge < -0.3 is 15.2 Å². The Morgan fingerprint density at radius 1 is 0.857 bits per heavy atom. The molecule has 28 heavy (non-hydrogen) atoms. The van der Waals surface area contributed by atoms with Crippen LogP contribution in [-0.2, 0) is 13.2 Å². The highest BCUT2D eigenvalue weighted by Gasteiger charge is 2.04. The summed E-state index contributed by atoms with van der Waals surface area (Å²) >= 11 is 0. The zero-order chi connectivity index (χ0) is 19.6. The Balaban J connectivity index is 1.74. The Kier molecular flexibility index (Phi) is 6.62. The number of urea groups is 1. The van der Waals surface area contributed by atoms with Crippen LogP contribution in [0.25, 0.3) is 0 Å². The van der Waals surface area contributed by atoms with E-state index in [1.807, 2.05) is 78.9 Å². The number of nitrogens with one attached hydrogen (secondary N) is 1. The summed E-state index contributed by atoms with van der Waals surface area (Å²) in [5, 5.41) is 3.80. The van der Waals surface area contributed by atoms with Gasteiger partial charge in [0, 0.05) is 11.6 Å². The van der Waals surface area contributed by atoms with Gasteiger partial charge in [-0.15, -0.1) is 0 Å². The maximum Gasteiger partial charge on any atom is 0.332 e. The number of nitrogens with zero attached hydrogens (tertiary/aromatic N) is 1. The Bertz CT molecular complexity index is 867. The largest absolute Gasteiger partial charge is 0.489 e. The SMILES string of the molecule is NC(=O)NN=Cc1cc(OCc2ccccc2)cc(OCc2ccccc2)c1. The first kappa shape index (κ1) is 19.0. The van der Waals surface area contributed by atoms with Gasteiger partial charge in [0.05, 0.1) is 6.21 Å². The summed E-state index contributed by atoms with van der Waals surface area (Å²) in [5.74, 6) is 1.27. The molecule has 3 N–H and O–H groups in total. The second kappa shape index (κ2) is 9.78. The van der Waals surface area contributed by atoms with Gasteiger partial charge in [0.25, 0.3) is 0 Å². The van der Waals surface area contributed by atoms with Crippen molar-refractivity contribution < 1.29 is 14.3 Å². The lowest BCUT2D eigenvalue weighted by molar-refractivity contribution is 0.249. The lowest BCUT2D eigenvalue weighted by atomic mass is 10.2. The van der Waals surface area contributed by atoms with Crippen molar-refractivity contribution >= 4 is 12.2 Å². The number of amides is 2. The molecule has 3 aromatic carbocycles. The Morgan fingerprint density at radius 2 is 1.36 bits per heavy atom. The number of hydrogen-bond acceptors (Lipinski definition) is 4. The summed E-state index contributed by atoms with van der Waals surface area (Å²) in [6.07, 6.45) is 1.48. The fourth-order valence-electron chi connectivity index (χ4n) is 2.49. The number of carbonyl (C=O) groups excluding carboxylic acids is 1. The molecule has 0 bridgehead atoms. The molecule has 3 aromatic rings. The second-order valence-electron chi connectivity index (χ2n) is 6.02. The minimum atomic E-state index is -0.728. The van der Waals surface area contributed by atoms with Crippen LogP contribution in [0.4, 0.5) is 4.79 Å². The third kappa shape index (κ3) is 6.17. The van der Waals surface area contributed by atoms with Crippen LogP contribution in [0.15, 0.2) is 84.0 Å². The first-order chi connectivity index (χ1) is 13.7. The van der Waals surface area contributed by atoms with Gasteiger partial charge in [-0.1, -0.05) is 60.7 Å². The van der Waals surface area contributed by atoms with Crippen LogP contribution in [0, 0.1) is 0 Å². The third-order valence-electron chi connectivity index (χ3n) is 3.79. The first-order valence-corrected chi connectivity index (χ1v) is 8.76. The van der Waals surface area contributed by atoms with Crippen LogP contribution in [0.5, 0.6) is 11.5 Å². The summed E-state index contributed by atoms with van der Waals surface area (Å²) in [4.78, 5) is 10.8. The standard InChI is InChI=1S/C22H21N3O3/c23-22(26)25-24-14-19-11-20(27-15-17-7-3-1-4-8-17)13-21(12-19)28-16-18-9-5-2-6-10-18/h1-14H,15-16H2,(H3,23,25,26). The summed E-state index contributed by atoms with van der Waals surface area (Å²) in [6, 6.07) is 24.5. The molecule has 6 heteroatoms. The van der Waals surface area contributed by atoms with E-state index in [2.05, 4.69) is 10.5 Å². The number of primary amides is 1. The van der Waals surface area contributed by atoms with Crippen molar-refractivity contribution in [2.45, 2.75) is 13.2 Å². The maximum absolute atomic E-state index is 10.8. The number of ether oxygens (including phenoxy) is 2. The van der Waals surface area contributed by atoms with E-state index in [4.69, 9.17) is 15.2 Å². The lowest BCUT2D eigenvalue weighted by Crippen LogP contribution is -2.24. The van der Waals surface area contributed by atoms with Crippen molar-refractivity contribution in [2.75, 3.05) is 0 Å². The van der Waals surface area contributed by atoms with E-state index in [9.17, 15) is 4.79 Å². The van der Waals surface area contributed by atoms with Crippen LogP contribution < -0.4 is 20.6 Å². The van der Waals surface area contributed by atoms with Crippen molar-refractivity contribution in [1.82, 2.24) is 5.43 Å². The monoisotopic (exact) mass is 375 g/mol. The zero-order valence-electron chi connectivity index (χ0n) is 15.2. The molecule has 0 saturated carbocycles. The van der Waals surface area contributed by atoms with Gasteiger partial charge in [-0.05, 0) is 23.3 Å². The van der Waals surface area contributed by atoms with Crippen LogP contribution in [0.1, 0.15) is 16.7 Å². The topological polar surface area (TPSA) is 85.9 Å². The molecular weight excluding hydrogens is 354 g/mol. The molecular formula is C22H21N3O3. The molecule has 0 atom stereocenters. The molecule has 0 aliphatic rings. The molecule has 2 amide bonds. The number of hydrazone groups is 1. The average Bonchev–Trinajstić information content (AvgIpc) is 2.72. The minimum Gasteiger partial charge on any atom is -0.489 e. The molecule has 0 aliphatic carbocycles. The smallest absolute Gasteiger partial charge is 0.332 e. The molecule has 142 valence electrons. The fraction of sp³-hybridized carbons (Fsp3) is 0.0909. The van der Waals surface area contributed by atoms with E-state index in [0.717, 1.165) is 11.1 Å². The summed E-state index contributed by atoms with van der Waals surface area (Å²) < 4.78 is 11.8. The predicted octanol–water partition coefficient (Wildman–Crippen LogP) is 3.85. The van der Waals surface area contributed by atoms with Crippen molar-refractivity contribution in [1.29, 1.82) is 0 Å². The van der Waals surface area contributed by atoms with Crippen molar-refractivity contribution in [3.63, 3.8) is 0 Å². The van der Waals surface area contributed by atoms with Gasteiger partial charge >= 0.3 is 6.03 Å². The summed E-state index contributed by atoms with van der Waals surface area (Å²) in [5.41, 5.74) is 10.0. The van der Waals surface area contributed by atoms with Crippen LogP contribution in [0.2, 0.25) is 0 Å². The van der Waals surface area contributed by atoms with Crippen LogP contribution in [0.3, 0.4) is 0 Å². The van der Waals surface area contributed by atoms with Gasteiger partial charge in [0.2, 0.25) is 0 Å². The van der Waals surface area contributed by atoms with Crippen molar-refractivity contribution in [2.24, 2.45) is 10.8 Å². The predicted molar refractivity (Wildman–Crippen MR) is 108 cm³/mol. The molecule has 0 unspecified atom stereocenters. The second-order valence-corrected chi connectivity index (χ2v) is 6.02. The van der Waals surface area contributed by atoms with E-state index >= 15 is 0 Å². The highest BCUT2D eigenvalue weighted by molar-refractivity contribution is 5.82. The molecule has 6 nitrogen and oxygen atoms in total. The van der Waals surface area contributed by atoms with E-state index in [0.29, 0.717) is 30.3 Å². The molecule has 0 saturated heterocycles. The maximum atomic E-state index is 10.8. The first-order valence-electron chi connectivity index (χ1n) is 8.76. The van der Waals surface area contributed by atoms with Gasteiger partial charge in [-0.25, -0.2) is 10.2 Å². The van der Waals surface area contributed by atoms with E-state index in [1.165, 1.54) is 6.21 Å². The summed E-state index contributed by atoms with van der Waals surface area (Å²) in [7, 11) is 0. The van der Waals surface area contributed by atoms with Crippen LogP contribution >= 0.6 is 0 Å². The molecule has 3 rings (SSSR count). The Labute approximate surface area is 163 Å². The lowest BCUT2D eigenvalue weighted by Gasteiger charge is -2.11. The number of nitrogens with two attached hydrogens (primary N) is 1. The van der Waals surface area contributed by atoms with Crippen molar-refractivity contribution in [3.05, 3.63) is 95.6 Å². The van der Waals surface area contributed by atoms with Crippen LogP contribution in [-0.4, -0.2) is 12.2 Å². The quantitative estimate of drug-likeness (QED) is 0.463. The highest BCUT2D eigenvalue weighted by atomic mass is 16.5. The van der Waals surface area contributed by atoms with E-state index in [-0.39, 0.29) is 0 Å². The molecule has 0 radical (unpaired) electrons. The van der Waals surface area contributed by atoms with E-state index < -0.39 is 6.03 Å². The number of rotatable bonds is 8. The normalized spacial score (nSPS) is 10.6. The van der Waals surface area contributed by atoms with Gasteiger partial charge in [0.15, 0.2) is 0 Å². The van der Waals surface area contributed by atoms with Gasteiger partial charge in [0.1, 0.15) is 24.7 Å². The summed E-state index contributed by atoms with van der Waals surface area (Å²) in [6.45, 7) is 0.859. The number of hydrogen-bond donors (Lipinski definition) is 2. The van der Waals surface area contributed by atoms with Gasteiger partial charge in [-0.3, -0.25) is 0 Å². The molecule has 0 heterocycles. The zero-order valence-corrected chi connectivity index (χ0v) is 15.2. The fourth-order valence-corrected chi connectivity index (χ4v) is 2.49. The van der Waals surface area contributed by atoms with E-state index in [1.54, 1.807) is 0 Å². The number of benzene rings is 3. The molecule has 0 fully saturated rings. The molecule has 0 aromatic heterocycles. The molecule has 0 spiro atoms. The highest BCUT2D eigenvalue weighted by Crippen LogP contribution is 2.24. The minimum absolute atomic E-state index is 0.430. The third-order valence-corrected chi connectivity index (χ3v) is 3.79. The van der Waals surface area contributed by atoms with Gasteiger partial charge in [-0.2, -0.15) is 5.10 Å². The molecule has 0 aliphatic heterocycles. The number of carbonyl (C=O) groups is 1. The van der Waals surface area contributed by atoms with Crippen molar-refractivity contribution in [3.8, 4) is 11.5 Å².